The molecule has 0 aliphatic rings. The van der Waals surface area contributed by atoms with Gasteiger partial charge in [0.2, 0.25) is 0 Å². The third kappa shape index (κ3) is 4.47. The maximum absolute atomic E-state index is 12.4. The molecule has 1 rings (SSSR count). The molecule has 132 valence electrons. The first-order valence-electron chi connectivity index (χ1n) is 7.84. The van der Waals surface area contributed by atoms with Crippen LogP contribution in [0.1, 0.15) is 25.3 Å². The second kappa shape index (κ2) is 9.61. The van der Waals surface area contributed by atoms with Gasteiger partial charge in [0, 0.05) is 5.92 Å². The number of ketones is 1. The molecule has 0 unspecified atom stereocenters. The highest BCUT2D eigenvalue weighted by molar-refractivity contribution is 5.99. The lowest BCUT2D eigenvalue weighted by atomic mass is 9.74. The normalized spacial score (nSPS) is 13.0. The number of rotatable bonds is 7. The van der Waals surface area contributed by atoms with Gasteiger partial charge in [-0.05, 0) is 19.4 Å². The fourth-order valence-corrected chi connectivity index (χ4v) is 2.70. The van der Waals surface area contributed by atoms with Gasteiger partial charge in [-0.15, -0.1) is 0 Å². The van der Waals surface area contributed by atoms with Crippen molar-refractivity contribution in [2.75, 3.05) is 6.61 Å². The number of hydrogen-bond donors (Lipinski definition) is 1. The van der Waals surface area contributed by atoms with E-state index in [4.69, 9.17) is 21.0 Å². The molecule has 2 N–H and O–H groups in total. The number of carbonyl (C=O) groups excluding carboxylic acids is 2. The second-order valence-electron chi connectivity index (χ2n) is 5.44. The van der Waals surface area contributed by atoms with E-state index < -0.39 is 35.1 Å². The Bertz CT molecular complexity index is 809. The predicted molar refractivity (Wildman–Crippen MR) is 91.5 cm³/mol. The molecule has 0 aliphatic carbocycles. The Balaban J connectivity index is 3.66. The molecule has 0 aliphatic heterocycles. The van der Waals surface area contributed by atoms with Gasteiger partial charge >= 0.3 is 5.97 Å². The van der Waals surface area contributed by atoms with Crippen molar-refractivity contribution < 1.29 is 14.3 Å². The van der Waals surface area contributed by atoms with Crippen LogP contribution in [0.5, 0.6) is 0 Å². The first-order valence-corrected chi connectivity index (χ1v) is 7.84. The van der Waals surface area contributed by atoms with Crippen molar-refractivity contribution in [3.05, 3.63) is 47.2 Å². The summed E-state index contributed by atoms with van der Waals surface area (Å²) in [5.74, 6) is -4.79. The summed E-state index contributed by atoms with van der Waals surface area (Å²) in [6, 6.07) is 13.6. The summed E-state index contributed by atoms with van der Waals surface area (Å²) >= 11 is 0. The Morgan fingerprint density at radius 1 is 1.15 bits per heavy atom. The van der Waals surface area contributed by atoms with E-state index in [1.54, 1.807) is 49.4 Å². The van der Waals surface area contributed by atoms with E-state index in [1.807, 2.05) is 6.07 Å². The first-order chi connectivity index (χ1) is 12.4. The SMILES string of the molecule is CCOC(=O)[C@@H](C(C)=O)[C@H](c1ccccc1)[C@@H](C#N)C(N)=C(C#N)C#N. The van der Waals surface area contributed by atoms with Crippen molar-refractivity contribution in [2.45, 2.75) is 19.8 Å². The molecule has 0 bridgehead atoms. The number of nitrogens with two attached hydrogens (primary N) is 1. The number of nitriles is 3. The van der Waals surface area contributed by atoms with Crippen LogP contribution < -0.4 is 5.73 Å². The minimum atomic E-state index is -1.29. The summed E-state index contributed by atoms with van der Waals surface area (Å²) in [7, 11) is 0. The molecule has 0 saturated heterocycles. The predicted octanol–water partition coefficient (Wildman–Crippen LogP) is 1.94. The fourth-order valence-electron chi connectivity index (χ4n) is 2.70. The Kier molecular flexibility index (Phi) is 7.55. The molecule has 7 heteroatoms. The summed E-state index contributed by atoms with van der Waals surface area (Å²) < 4.78 is 5.00. The third-order valence-electron chi connectivity index (χ3n) is 3.87. The smallest absolute Gasteiger partial charge is 0.317 e. The van der Waals surface area contributed by atoms with Crippen LogP contribution >= 0.6 is 0 Å². The molecule has 0 fully saturated rings. The summed E-state index contributed by atoms with van der Waals surface area (Å²) in [4.78, 5) is 24.6. The molecule has 0 radical (unpaired) electrons. The Labute approximate surface area is 151 Å². The number of Topliss-reactive ketones (excluding diaryl/α,β-unsaturated/α-hetero) is 1. The molecule has 0 spiro atoms. The van der Waals surface area contributed by atoms with Crippen LogP contribution in [0.3, 0.4) is 0 Å². The lowest BCUT2D eigenvalue weighted by Gasteiger charge is -2.28. The van der Waals surface area contributed by atoms with Gasteiger partial charge in [0.05, 0.1) is 24.3 Å². The molecule has 0 aromatic heterocycles. The zero-order valence-electron chi connectivity index (χ0n) is 14.5. The average Bonchev–Trinajstić information content (AvgIpc) is 2.63. The maximum Gasteiger partial charge on any atom is 0.317 e. The number of allylic oxidation sites excluding steroid dienone is 2. The van der Waals surface area contributed by atoms with Gasteiger partial charge in [0.25, 0.3) is 0 Å². The number of ether oxygens (including phenoxy) is 1. The topological polar surface area (TPSA) is 141 Å². The van der Waals surface area contributed by atoms with Crippen molar-refractivity contribution in [3.63, 3.8) is 0 Å². The lowest BCUT2D eigenvalue weighted by molar-refractivity contribution is -0.152. The van der Waals surface area contributed by atoms with Gasteiger partial charge in [-0.25, -0.2) is 0 Å². The first kappa shape index (κ1) is 20.4. The highest BCUT2D eigenvalue weighted by Gasteiger charge is 2.41. The zero-order chi connectivity index (χ0) is 19.7. The minimum Gasteiger partial charge on any atom is -0.465 e. The highest BCUT2D eigenvalue weighted by atomic mass is 16.5. The van der Waals surface area contributed by atoms with Crippen LogP contribution in [0.25, 0.3) is 0 Å². The van der Waals surface area contributed by atoms with E-state index in [9.17, 15) is 14.9 Å². The van der Waals surface area contributed by atoms with Gasteiger partial charge < -0.3 is 10.5 Å². The highest BCUT2D eigenvalue weighted by Crippen LogP contribution is 2.37. The Morgan fingerprint density at radius 3 is 2.15 bits per heavy atom. The molecule has 0 saturated carbocycles. The van der Waals surface area contributed by atoms with Crippen molar-refractivity contribution in [1.29, 1.82) is 15.8 Å². The second-order valence-corrected chi connectivity index (χ2v) is 5.44. The van der Waals surface area contributed by atoms with E-state index >= 15 is 0 Å². The molecule has 26 heavy (non-hydrogen) atoms. The Hall–Kier alpha value is -3.63. The van der Waals surface area contributed by atoms with Crippen molar-refractivity contribution >= 4 is 11.8 Å². The Morgan fingerprint density at radius 2 is 1.73 bits per heavy atom. The summed E-state index contributed by atoms with van der Waals surface area (Å²) in [6.07, 6.45) is 0. The van der Waals surface area contributed by atoms with E-state index in [2.05, 4.69) is 0 Å². The maximum atomic E-state index is 12.4. The fraction of sp³-hybridized carbons (Fsp3) is 0.316. The van der Waals surface area contributed by atoms with Crippen molar-refractivity contribution in [2.24, 2.45) is 17.6 Å². The molecule has 1 aromatic rings. The van der Waals surface area contributed by atoms with Crippen LogP contribution in [0, 0.1) is 45.8 Å². The molecule has 3 atom stereocenters. The average molecular weight is 350 g/mol. The van der Waals surface area contributed by atoms with E-state index in [0.29, 0.717) is 5.56 Å². The summed E-state index contributed by atoms with van der Waals surface area (Å²) in [6.45, 7) is 2.89. The van der Waals surface area contributed by atoms with Gasteiger partial charge in [0.15, 0.2) is 0 Å². The van der Waals surface area contributed by atoms with E-state index in [1.165, 1.54) is 6.92 Å². The van der Waals surface area contributed by atoms with Crippen LogP contribution in [0.4, 0.5) is 0 Å². The zero-order valence-corrected chi connectivity index (χ0v) is 14.5. The molecule has 1 aromatic carbocycles. The number of nitrogens with zero attached hydrogens (tertiary/aromatic N) is 3. The van der Waals surface area contributed by atoms with Crippen LogP contribution in [0.2, 0.25) is 0 Å². The number of carbonyl (C=O) groups is 2. The molecule has 0 heterocycles. The van der Waals surface area contributed by atoms with Crippen LogP contribution in [-0.2, 0) is 14.3 Å². The largest absolute Gasteiger partial charge is 0.465 e. The minimum absolute atomic E-state index is 0.0638. The molecular weight excluding hydrogens is 332 g/mol. The number of esters is 1. The molecular formula is C19H18N4O3. The van der Waals surface area contributed by atoms with E-state index in [-0.39, 0.29) is 12.3 Å². The van der Waals surface area contributed by atoms with Crippen LogP contribution in [0.15, 0.2) is 41.6 Å². The summed E-state index contributed by atoms with van der Waals surface area (Å²) in [5.41, 5.74) is 5.69. The van der Waals surface area contributed by atoms with Crippen LogP contribution in [-0.4, -0.2) is 18.4 Å². The number of benzene rings is 1. The van der Waals surface area contributed by atoms with Crippen molar-refractivity contribution in [3.8, 4) is 18.2 Å². The third-order valence-corrected chi connectivity index (χ3v) is 3.87. The lowest BCUT2D eigenvalue weighted by Crippen LogP contribution is -2.36. The van der Waals surface area contributed by atoms with E-state index in [0.717, 1.165) is 0 Å². The van der Waals surface area contributed by atoms with Crippen molar-refractivity contribution in [1.82, 2.24) is 0 Å². The quantitative estimate of drug-likeness (QED) is 0.450. The summed E-state index contributed by atoms with van der Waals surface area (Å²) in [5, 5.41) is 27.8. The van der Waals surface area contributed by atoms with Gasteiger partial charge in [-0.2, -0.15) is 15.8 Å². The molecule has 0 amide bonds. The van der Waals surface area contributed by atoms with Gasteiger partial charge in [0.1, 0.15) is 29.4 Å². The van der Waals surface area contributed by atoms with Gasteiger partial charge in [-0.1, -0.05) is 30.3 Å². The van der Waals surface area contributed by atoms with Gasteiger partial charge in [-0.3, -0.25) is 9.59 Å². The standard InChI is InChI=1S/C19H18N4O3/c1-3-26-19(25)16(12(2)24)17(13-7-5-4-6-8-13)15(11-22)18(23)14(9-20)10-21/h4-8,15-17H,3,23H2,1-2H3/t15-,16+,17-/m1/s1. The number of hydrogen-bond acceptors (Lipinski definition) is 7. The molecule has 7 nitrogen and oxygen atoms in total. The monoisotopic (exact) mass is 350 g/mol.